The van der Waals surface area contributed by atoms with Gasteiger partial charge in [-0.15, -0.1) is 0 Å². The predicted octanol–water partition coefficient (Wildman–Crippen LogP) is 2.29. The number of rotatable bonds is 1. The summed E-state index contributed by atoms with van der Waals surface area (Å²) in [6.45, 7) is 0. The molecule has 0 amide bonds. The molecule has 0 aromatic heterocycles. The van der Waals surface area contributed by atoms with Gasteiger partial charge >= 0.3 is 5.71 Å². The van der Waals surface area contributed by atoms with Gasteiger partial charge in [-0.05, 0) is 29.8 Å². The molecule has 2 N–H and O–H groups in total. The predicted molar refractivity (Wildman–Crippen MR) is 60.0 cm³/mol. The quantitative estimate of drug-likeness (QED) is 0.555. The van der Waals surface area contributed by atoms with Crippen LogP contribution < -0.4 is 0 Å². The van der Waals surface area contributed by atoms with Crippen LogP contribution in [0.25, 0.3) is 11.1 Å². The molecule has 1 aliphatic carbocycles. The van der Waals surface area contributed by atoms with Gasteiger partial charge in [0, 0.05) is 0 Å². The Morgan fingerprint density at radius 3 is 2.38 bits per heavy atom. The molecule has 2 rings (SSSR count). The fraction of sp³-hybridized carbons (Fsp3) is 0.0833. The molecule has 4 nitrogen and oxygen atoms in total. The molecule has 0 saturated carbocycles. The standard InChI is InChI=1S/C12H10N2O2/c13-14-12-7-10(16)5-6-11(12)8-1-3-9(15)4-2-8/h1-6,15-16H,7H2. The minimum absolute atomic E-state index is 0.162. The normalized spacial score (nSPS) is 15.1. The number of aliphatic hydroxyl groups is 1. The lowest BCUT2D eigenvalue weighted by Crippen LogP contribution is -2.08. The molecule has 16 heavy (non-hydrogen) atoms. The molecule has 0 radical (unpaired) electrons. The minimum Gasteiger partial charge on any atom is -0.512 e. The maximum absolute atomic E-state index is 9.30. The second kappa shape index (κ2) is 4.04. The molecule has 1 aromatic carbocycles. The van der Waals surface area contributed by atoms with Crippen LogP contribution >= 0.6 is 0 Å². The van der Waals surface area contributed by atoms with E-state index in [1.54, 1.807) is 36.4 Å². The monoisotopic (exact) mass is 214 g/mol. The van der Waals surface area contributed by atoms with Gasteiger partial charge in [-0.3, -0.25) is 0 Å². The Bertz CT molecular complexity index is 520. The molecule has 0 bridgehead atoms. The van der Waals surface area contributed by atoms with Crippen LogP contribution in [0.4, 0.5) is 0 Å². The van der Waals surface area contributed by atoms with Gasteiger partial charge < -0.3 is 15.7 Å². The van der Waals surface area contributed by atoms with Gasteiger partial charge in [0.1, 0.15) is 17.9 Å². The van der Waals surface area contributed by atoms with Crippen molar-refractivity contribution in [1.29, 1.82) is 0 Å². The van der Waals surface area contributed by atoms with Crippen molar-refractivity contribution >= 4 is 11.3 Å². The first-order valence-corrected chi connectivity index (χ1v) is 4.81. The van der Waals surface area contributed by atoms with Crippen LogP contribution in [0.1, 0.15) is 12.0 Å². The number of allylic oxidation sites excluding steroid dienone is 4. The molecule has 0 saturated heterocycles. The van der Waals surface area contributed by atoms with Gasteiger partial charge in [0.15, 0.2) is 0 Å². The zero-order valence-electron chi connectivity index (χ0n) is 8.46. The summed E-state index contributed by atoms with van der Waals surface area (Å²) in [6, 6.07) is 6.57. The van der Waals surface area contributed by atoms with Gasteiger partial charge in [-0.2, -0.15) is 4.79 Å². The van der Waals surface area contributed by atoms with Gasteiger partial charge in [0.05, 0.1) is 5.57 Å². The Balaban J connectivity index is 2.47. The van der Waals surface area contributed by atoms with Gasteiger partial charge in [-0.25, -0.2) is 0 Å². The van der Waals surface area contributed by atoms with Gasteiger partial charge in [0.2, 0.25) is 0 Å². The molecule has 0 spiro atoms. The third-order valence-corrected chi connectivity index (χ3v) is 2.40. The SMILES string of the molecule is [N-]=[N+]=C1CC(O)=CC=C1c1ccc(O)cc1. The van der Waals surface area contributed by atoms with Crippen LogP contribution in [0.15, 0.2) is 42.2 Å². The first kappa shape index (κ1) is 10.2. The molecule has 0 atom stereocenters. The average Bonchev–Trinajstić information content (AvgIpc) is 2.30. The molecule has 0 unspecified atom stereocenters. The van der Waals surface area contributed by atoms with Crippen LogP contribution in [0.3, 0.4) is 0 Å². The van der Waals surface area contributed by atoms with E-state index in [0.717, 1.165) is 11.1 Å². The van der Waals surface area contributed by atoms with Crippen molar-refractivity contribution in [2.45, 2.75) is 6.42 Å². The van der Waals surface area contributed by atoms with Crippen molar-refractivity contribution in [2.24, 2.45) is 0 Å². The van der Waals surface area contributed by atoms with E-state index in [9.17, 15) is 5.11 Å². The molecule has 0 aliphatic heterocycles. The van der Waals surface area contributed by atoms with Gasteiger partial charge in [-0.1, -0.05) is 12.1 Å². The highest BCUT2D eigenvalue weighted by atomic mass is 16.3. The van der Waals surface area contributed by atoms with Crippen LogP contribution in [0, 0.1) is 0 Å². The number of phenolic OH excluding ortho intramolecular Hbond substituents is 1. The zero-order valence-corrected chi connectivity index (χ0v) is 8.46. The lowest BCUT2D eigenvalue weighted by molar-refractivity contribution is -0.00539. The average molecular weight is 214 g/mol. The number of aliphatic hydroxyl groups excluding tert-OH is 1. The number of phenols is 1. The van der Waals surface area contributed by atoms with E-state index in [1.807, 2.05) is 0 Å². The third kappa shape index (κ3) is 1.87. The molecule has 80 valence electrons. The maximum atomic E-state index is 9.30. The van der Waals surface area contributed by atoms with Crippen molar-refractivity contribution in [3.63, 3.8) is 0 Å². The first-order chi connectivity index (χ1) is 7.70. The molecular weight excluding hydrogens is 204 g/mol. The number of hydrogen-bond acceptors (Lipinski definition) is 2. The highest BCUT2D eigenvalue weighted by Gasteiger charge is 2.21. The van der Waals surface area contributed by atoms with E-state index in [1.165, 1.54) is 0 Å². The van der Waals surface area contributed by atoms with E-state index >= 15 is 0 Å². The van der Waals surface area contributed by atoms with E-state index in [2.05, 4.69) is 4.79 Å². The van der Waals surface area contributed by atoms with Crippen molar-refractivity contribution in [2.75, 3.05) is 0 Å². The maximum Gasteiger partial charge on any atom is 0.307 e. The Hall–Kier alpha value is -2.32. The smallest absolute Gasteiger partial charge is 0.307 e. The fourth-order valence-corrected chi connectivity index (χ4v) is 1.59. The minimum atomic E-state index is 0.162. The summed E-state index contributed by atoms with van der Waals surface area (Å²) in [5.41, 5.74) is 10.8. The summed E-state index contributed by atoms with van der Waals surface area (Å²) in [7, 11) is 0. The van der Waals surface area contributed by atoms with Crippen molar-refractivity contribution < 1.29 is 15.0 Å². The topological polar surface area (TPSA) is 76.9 Å². The number of hydrogen-bond donors (Lipinski definition) is 2. The molecule has 1 aliphatic rings. The first-order valence-electron chi connectivity index (χ1n) is 4.81. The van der Waals surface area contributed by atoms with E-state index in [0.29, 0.717) is 5.71 Å². The third-order valence-electron chi connectivity index (χ3n) is 2.40. The molecular formula is C12H10N2O2. The summed E-state index contributed by atoms with van der Waals surface area (Å²) in [4.78, 5) is 3.16. The van der Waals surface area contributed by atoms with Crippen molar-refractivity contribution in [3.8, 4) is 5.75 Å². The zero-order chi connectivity index (χ0) is 11.5. The van der Waals surface area contributed by atoms with Crippen molar-refractivity contribution in [3.05, 3.63) is 53.3 Å². The van der Waals surface area contributed by atoms with Crippen molar-refractivity contribution in [1.82, 2.24) is 0 Å². The Kier molecular flexibility index (Phi) is 2.58. The lowest BCUT2D eigenvalue weighted by atomic mass is 9.94. The van der Waals surface area contributed by atoms with Crippen LogP contribution in [-0.4, -0.2) is 20.7 Å². The Morgan fingerprint density at radius 2 is 1.75 bits per heavy atom. The van der Waals surface area contributed by atoms with Gasteiger partial charge in [0.25, 0.3) is 0 Å². The second-order valence-corrected chi connectivity index (χ2v) is 3.51. The summed E-state index contributed by atoms with van der Waals surface area (Å²) in [6.07, 6.45) is 3.46. The summed E-state index contributed by atoms with van der Waals surface area (Å²) in [5.74, 6) is 0.344. The molecule has 4 heteroatoms. The Morgan fingerprint density at radius 1 is 1.06 bits per heavy atom. The largest absolute Gasteiger partial charge is 0.512 e. The molecule has 1 aromatic rings. The van der Waals surface area contributed by atoms with Crippen LogP contribution in [0.2, 0.25) is 0 Å². The fourth-order valence-electron chi connectivity index (χ4n) is 1.59. The second-order valence-electron chi connectivity index (χ2n) is 3.51. The molecule has 0 heterocycles. The highest BCUT2D eigenvalue weighted by Crippen LogP contribution is 2.24. The van der Waals surface area contributed by atoms with Crippen LogP contribution in [0.5, 0.6) is 5.75 Å². The summed E-state index contributed by atoms with van der Waals surface area (Å²) in [5, 5.41) is 18.5. The number of nitrogens with zero attached hydrogens (tertiary/aromatic N) is 2. The number of aromatic hydroxyl groups is 1. The lowest BCUT2D eigenvalue weighted by Gasteiger charge is -2.07. The Labute approximate surface area is 92.4 Å². The van der Waals surface area contributed by atoms with Crippen LogP contribution in [-0.2, 0) is 0 Å². The highest BCUT2D eigenvalue weighted by molar-refractivity contribution is 6.22. The van der Waals surface area contributed by atoms with E-state index in [-0.39, 0.29) is 17.9 Å². The molecule has 0 fully saturated rings. The summed E-state index contributed by atoms with van der Waals surface area (Å²) < 4.78 is 0. The number of benzene rings is 1. The summed E-state index contributed by atoms with van der Waals surface area (Å²) >= 11 is 0. The van der Waals surface area contributed by atoms with E-state index < -0.39 is 0 Å². The van der Waals surface area contributed by atoms with E-state index in [4.69, 9.17) is 10.6 Å².